The normalized spacial score (nSPS) is 19.3. The molecule has 2 aliphatic heterocycles. The van der Waals surface area contributed by atoms with Crippen LogP contribution in [-0.2, 0) is 16.0 Å². The van der Waals surface area contributed by atoms with Gasteiger partial charge in [-0.25, -0.2) is 0 Å². The van der Waals surface area contributed by atoms with Crippen molar-refractivity contribution < 1.29 is 14.3 Å². The number of benzene rings is 1. The minimum Gasteiger partial charge on any atom is -0.492 e. The highest BCUT2D eigenvalue weighted by Gasteiger charge is 2.15. The molecule has 0 radical (unpaired) electrons. The van der Waals surface area contributed by atoms with Crippen LogP contribution in [0.5, 0.6) is 5.75 Å². The highest BCUT2D eigenvalue weighted by atomic mass is 16.5. The second-order valence-corrected chi connectivity index (χ2v) is 8.20. The lowest BCUT2D eigenvalue weighted by Crippen LogP contribution is -2.38. The number of rotatable bonds is 9. The summed E-state index contributed by atoms with van der Waals surface area (Å²) in [5, 5.41) is 6.34. The maximum atomic E-state index is 12.2. The molecule has 166 valence electrons. The molecule has 31 heavy (non-hydrogen) atoms. The third-order valence-electron chi connectivity index (χ3n) is 5.88. The van der Waals surface area contributed by atoms with Crippen LogP contribution in [0.25, 0.3) is 11.1 Å². The zero-order valence-corrected chi connectivity index (χ0v) is 18.0. The predicted octanol–water partition coefficient (Wildman–Crippen LogP) is 1.73. The summed E-state index contributed by atoms with van der Waals surface area (Å²) in [6.45, 7) is 7.95. The summed E-state index contributed by atoms with van der Waals surface area (Å²) in [6, 6.07) is 12.0. The van der Waals surface area contributed by atoms with Crippen molar-refractivity contribution in [2.24, 2.45) is 5.92 Å². The van der Waals surface area contributed by atoms with E-state index >= 15 is 0 Å². The smallest absolute Gasteiger partial charge is 0.226 e. The van der Waals surface area contributed by atoms with E-state index in [0.717, 1.165) is 81.5 Å². The molecule has 1 aromatic heterocycles. The first-order valence-electron chi connectivity index (χ1n) is 11.2. The van der Waals surface area contributed by atoms with Crippen LogP contribution in [0.2, 0.25) is 0 Å². The minimum atomic E-state index is 0.0331. The number of carbonyl (C=O) groups excluding carboxylic acids is 1. The molecule has 0 spiro atoms. The average Bonchev–Trinajstić information content (AvgIpc) is 3.33. The van der Waals surface area contributed by atoms with E-state index in [1.165, 1.54) is 0 Å². The van der Waals surface area contributed by atoms with Gasteiger partial charge in [-0.3, -0.25) is 14.7 Å². The fourth-order valence-electron chi connectivity index (χ4n) is 3.93. The van der Waals surface area contributed by atoms with Crippen LogP contribution in [0.15, 0.2) is 42.6 Å². The first-order valence-corrected chi connectivity index (χ1v) is 11.2. The van der Waals surface area contributed by atoms with Crippen molar-refractivity contribution in [1.29, 1.82) is 0 Å². The van der Waals surface area contributed by atoms with E-state index in [9.17, 15) is 4.79 Å². The van der Waals surface area contributed by atoms with Crippen molar-refractivity contribution in [1.82, 2.24) is 20.5 Å². The van der Waals surface area contributed by atoms with Gasteiger partial charge in [-0.05, 0) is 49.2 Å². The van der Waals surface area contributed by atoms with Crippen LogP contribution in [0.3, 0.4) is 0 Å². The van der Waals surface area contributed by atoms with E-state index in [4.69, 9.17) is 9.47 Å². The molecular weight excluding hydrogens is 392 g/mol. The van der Waals surface area contributed by atoms with Gasteiger partial charge in [0.15, 0.2) is 0 Å². The Labute approximate surface area is 184 Å². The fourth-order valence-corrected chi connectivity index (χ4v) is 3.93. The molecular formula is C24H32N4O3. The minimum absolute atomic E-state index is 0.0331. The molecule has 2 N–H and O–H groups in total. The van der Waals surface area contributed by atoms with Gasteiger partial charge in [0.05, 0.1) is 19.6 Å². The van der Waals surface area contributed by atoms with Crippen molar-refractivity contribution in [3.05, 3.63) is 48.3 Å². The second-order valence-electron chi connectivity index (χ2n) is 8.20. The predicted molar refractivity (Wildman–Crippen MR) is 120 cm³/mol. The van der Waals surface area contributed by atoms with Crippen molar-refractivity contribution >= 4 is 5.91 Å². The number of pyridine rings is 1. The standard InChI is InChI=1S/C24H32N4O3/c29-24(27-17-19-7-8-25-16-19)15-22-4-1-21(18-26-22)20-2-5-23(6-3-20)31-14-11-28-9-12-30-13-10-28/h1-6,18-19,25H,7-17H2,(H,27,29). The number of nitrogens with zero attached hydrogens (tertiary/aromatic N) is 2. The quantitative estimate of drug-likeness (QED) is 0.639. The number of nitrogens with one attached hydrogen (secondary N) is 2. The molecule has 1 amide bonds. The van der Waals surface area contributed by atoms with Gasteiger partial charge in [0.1, 0.15) is 12.4 Å². The summed E-state index contributed by atoms with van der Waals surface area (Å²) in [5.41, 5.74) is 2.90. The van der Waals surface area contributed by atoms with Crippen LogP contribution in [0.1, 0.15) is 12.1 Å². The molecule has 7 heteroatoms. The maximum Gasteiger partial charge on any atom is 0.226 e. The number of amides is 1. The molecule has 7 nitrogen and oxygen atoms in total. The average molecular weight is 425 g/mol. The molecule has 1 aromatic carbocycles. The van der Waals surface area contributed by atoms with E-state index in [2.05, 4.69) is 20.5 Å². The van der Waals surface area contributed by atoms with E-state index in [1.807, 2.05) is 42.6 Å². The Morgan fingerprint density at radius 1 is 1.16 bits per heavy atom. The van der Waals surface area contributed by atoms with E-state index in [0.29, 0.717) is 18.9 Å². The Balaban J connectivity index is 1.22. The van der Waals surface area contributed by atoms with Crippen molar-refractivity contribution in [3.8, 4) is 16.9 Å². The number of hydrogen-bond donors (Lipinski definition) is 2. The van der Waals surface area contributed by atoms with Crippen LogP contribution in [0.4, 0.5) is 0 Å². The zero-order valence-electron chi connectivity index (χ0n) is 18.0. The topological polar surface area (TPSA) is 75.7 Å². The number of morpholine rings is 1. The monoisotopic (exact) mass is 424 g/mol. The van der Waals surface area contributed by atoms with Crippen LogP contribution >= 0.6 is 0 Å². The summed E-state index contributed by atoms with van der Waals surface area (Å²) in [6.07, 6.45) is 3.28. The van der Waals surface area contributed by atoms with Crippen LogP contribution < -0.4 is 15.4 Å². The lowest BCUT2D eigenvalue weighted by Gasteiger charge is -2.26. The first kappa shape index (κ1) is 21.7. The molecule has 2 aliphatic rings. The van der Waals surface area contributed by atoms with E-state index in [-0.39, 0.29) is 5.91 Å². The number of ether oxygens (including phenoxy) is 2. The third kappa shape index (κ3) is 6.75. The Bertz CT molecular complexity index is 814. The number of aromatic nitrogens is 1. The van der Waals surface area contributed by atoms with E-state index in [1.54, 1.807) is 0 Å². The second kappa shape index (κ2) is 11.2. The molecule has 4 rings (SSSR count). The highest BCUT2D eigenvalue weighted by Crippen LogP contribution is 2.22. The molecule has 3 heterocycles. The Hall–Kier alpha value is -2.48. The van der Waals surface area contributed by atoms with Gasteiger partial charge in [-0.1, -0.05) is 18.2 Å². The fraction of sp³-hybridized carbons (Fsp3) is 0.500. The molecule has 0 bridgehead atoms. The zero-order chi connectivity index (χ0) is 21.3. The largest absolute Gasteiger partial charge is 0.492 e. The number of carbonyl (C=O) groups is 1. The third-order valence-corrected chi connectivity index (χ3v) is 5.88. The van der Waals surface area contributed by atoms with Crippen molar-refractivity contribution in [3.63, 3.8) is 0 Å². The Kier molecular flexibility index (Phi) is 7.87. The maximum absolute atomic E-state index is 12.2. The van der Waals surface area contributed by atoms with Gasteiger partial charge in [-0.15, -0.1) is 0 Å². The summed E-state index contributed by atoms with van der Waals surface area (Å²) in [7, 11) is 0. The Morgan fingerprint density at radius 2 is 1.97 bits per heavy atom. The van der Waals surface area contributed by atoms with Gasteiger partial charge in [0.2, 0.25) is 5.91 Å². The SMILES string of the molecule is O=C(Cc1ccc(-c2ccc(OCCN3CCOCC3)cc2)cn1)NCC1CCNC1. The summed E-state index contributed by atoms with van der Waals surface area (Å²) < 4.78 is 11.2. The van der Waals surface area contributed by atoms with Gasteiger partial charge >= 0.3 is 0 Å². The van der Waals surface area contributed by atoms with Gasteiger partial charge in [0, 0.05) is 43.6 Å². The van der Waals surface area contributed by atoms with Crippen LogP contribution in [0, 0.1) is 5.92 Å². The molecule has 2 saturated heterocycles. The van der Waals surface area contributed by atoms with E-state index < -0.39 is 0 Å². The van der Waals surface area contributed by atoms with Crippen LogP contribution in [-0.4, -0.2) is 74.9 Å². The summed E-state index contributed by atoms with van der Waals surface area (Å²) >= 11 is 0. The van der Waals surface area contributed by atoms with Gasteiger partial charge in [0.25, 0.3) is 0 Å². The molecule has 1 unspecified atom stereocenters. The first-order chi connectivity index (χ1) is 15.3. The van der Waals surface area contributed by atoms with Crippen molar-refractivity contribution in [2.45, 2.75) is 12.8 Å². The molecule has 2 aromatic rings. The Morgan fingerprint density at radius 3 is 2.68 bits per heavy atom. The lowest BCUT2D eigenvalue weighted by molar-refractivity contribution is -0.120. The highest BCUT2D eigenvalue weighted by molar-refractivity contribution is 5.78. The molecule has 2 fully saturated rings. The van der Waals surface area contributed by atoms with Crippen molar-refractivity contribution in [2.75, 3.05) is 59.1 Å². The van der Waals surface area contributed by atoms with Gasteiger partial charge < -0.3 is 20.1 Å². The molecule has 0 aliphatic carbocycles. The lowest BCUT2D eigenvalue weighted by atomic mass is 10.1. The summed E-state index contributed by atoms with van der Waals surface area (Å²) in [4.78, 5) is 19.0. The number of hydrogen-bond acceptors (Lipinski definition) is 6. The molecule has 0 saturated carbocycles. The van der Waals surface area contributed by atoms with Gasteiger partial charge in [-0.2, -0.15) is 0 Å². The molecule has 1 atom stereocenters. The summed E-state index contributed by atoms with van der Waals surface area (Å²) in [5.74, 6) is 1.45.